The van der Waals surface area contributed by atoms with Crippen LogP contribution in [-0.2, 0) is 5.41 Å². The summed E-state index contributed by atoms with van der Waals surface area (Å²) in [6.45, 7) is 0. The number of benzene rings is 11. The lowest BCUT2D eigenvalue weighted by atomic mass is 9.70. The first-order chi connectivity index (χ1) is 32.7. The predicted octanol–water partition coefficient (Wildman–Crippen LogP) is 17.6. The lowest BCUT2D eigenvalue weighted by Crippen LogP contribution is -2.26. The number of nitrogens with zero attached hydrogens (tertiary/aromatic N) is 2. The smallest absolute Gasteiger partial charge is 0.0727 e. The van der Waals surface area contributed by atoms with Gasteiger partial charge in [-0.3, -0.25) is 0 Å². The van der Waals surface area contributed by atoms with Gasteiger partial charge in [0.1, 0.15) is 0 Å². The quantitative estimate of drug-likeness (QED) is 0.164. The largest absolute Gasteiger partial charge is 0.310 e. The molecule has 0 radical (unpaired) electrons. The van der Waals surface area contributed by atoms with Gasteiger partial charge in [-0.25, -0.2) is 0 Å². The number of hydrogen-bond donors (Lipinski definition) is 0. The topological polar surface area (TPSA) is 6.48 Å². The van der Waals surface area contributed by atoms with E-state index in [1.54, 1.807) is 0 Å². The first-order valence-corrected chi connectivity index (χ1v) is 23.6. The Morgan fingerprint density at radius 1 is 0.303 bits per heavy atom. The molecule has 0 saturated carbocycles. The molecule has 2 nitrogen and oxygen atoms in total. The number of para-hydroxylation sites is 1. The zero-order valence-corrected chi connectivity index (χ0v) is 36.7. The van der Waals surface area contributed by atoms with E-state index in [4.69, 9.17) is 0 Å². The molecule has 14 rings (SSSR count). The van der Waals surface area contributed by atoms with E-state index in [2.05, 4.69) is 252 Å². The minimum Gasteiger partial charge on any atom is -0.310 e. The van der Waals surface area contributed by atoms with Crippen LogP contribution >= 0.6 is 11.3 Å². The van der Waals surface area contributed by atoms with Gasteiger partial charge in [-0.05, 0) is 121 Å². The van der Waals surface area contributed by atoms with Crippen LogP contribution in [0.5, 0.6) is 0 Å². The minimum absolute atomic E-state index is 0.575. The SMILES string of the molecule is c1ccc(N(c2cc(N(c3ccc4ccccc4c3)c3ccc4ccccc4c3)cc3c2-c2ccccc2C32c3ccccc3-c3ccccc32)c2cccc3c2sc2ccccc23)cc1. The van der Waals surface area contributed by atoms with Gasteiger partial charge < -0.3 is 9.80 Å². The predicted molar refractivity (Wildman–Crippen MR) is 280 cm³/mol. The molecule has 1 spiro atoms. The van der Waals surface area contributed by atoms with E-state index in [9.17, 15) is 0 Å². The average Bonchev–Trinajstić information content (AvgIpc) is 4.02. The summed E-state index contributed by atoms with van der Waals surface area (Å²) in [4.78, 5) is 5.05. The molecule has 1 heterocycles. The highest BCUT2D eigenvalue weighted by molar-refractivity contribution is 7.26. The molecule has 2 aliphatic rings. The van der Waals surface area contributed by atoms with E-state index in [1.165, 1.54) is 86.2 Å². The number of fused-ring (bicyclic) bond motifs is 15. The van der Waals surface area contributed by atoms with Crippen LogP contribution in [0.3, 0.4) is 0 Å². The summed E-state index contributed by atoms with van der Waals surface area (Å²) in [5, 5.41) is 7.39. The molecule has 2 aliphatic carbocycles. The Kier molecular flexibility index (Phi) is 8.10. The number of anilines is 6. The first-order valence-electron chi connectivity index (χ1n) is 22.7. The fourth-order valence-corrected chi connectivity index (χ4v) is 12.7. The second-order valence-corrected chi connectivity index (χ2v) is 18.6. The zero-order chi connectivity index (χ0) is 43.3. The third-order valence-corrected chi connectivity index (χ3v) is 15.4. The van der Waals surface area contributed by atoms with E-state index < -0.39 is 5.41 Å². The van der Waals surface area contributed by atoms with Crippen molar-refractivity contribution in [1.82, 2.24) is 0 Å². The molecule has 1 aromatic heterocycles. The Balaban J connectivity index is 1.16. The van der Waals surface area contributed by atoms with E-state index in [0.717, 1.165) is 34.1 Å². The van der Waals surface area contributed by atoms with Crippen molar-refractivity contribution < 1.29 is 0 Å². The second-order valence-electron chi connectivity index (χ2n) is 17.6. The second kappa shape index (κ2) is 14.4. The van der Waals surface area contributed by atoms with Crippen molar-refractivity contribution in [3.8, 4) is 22.3 Å². The first kappa shape index (κ1) is 37.2. The summed E-state index contributed by atoms with van der Waals surface area (Å²) >= 11 is 1.88. The van der Waals surface area contributed by atoms with Crippen LogP contribution in [0.4, 0.5) is 34.1 Å². The normalized spacial score (nSPS) is 13.0. The van der Waals surface area contributed by atoms with Gasteiger partial charge in [-0.15, -0.1) is 11.3 Å². The van der Waals surface area contributed by atoms with Gasteiger partial charge in [0.15, 0.2) is 0 Å². The van der Waals surface area contributed by atoms with Crippen LogP contribution in [0.1, 0.15) is 22.3 Å². The third kappa shape index (κ3) is 5.29. The summed E-state index contributed by atoms with van der Waals surface area (Å²) in [6, 6.07) is 90.4. The van der Waals surface area contributed by atoms with Crippen molar-refractivity contribution in [2.24, 2.45) is 0 Å². The molecule has 308 valence electrons. The van der Waals surface area contributed by atoms with Gasteiger partial charge in [0, 0.05) is 43.8 Å². The van der Waals surface area contributed by atoms with Crippen molar-refractivity contribution in [3.63, 3.8) is 0 Å². The Labute approximate surface area is 387 Å². The van der Waals surface area contributed by atoms with Gasteiger partial charge in [0.25, 0.3) is 0 Å². The molecule has 0 saturated heterocycles. The Hall–Kier alpha value is -8.24. The number of rotatable bonds is 6. The summed E-state index contributed by atoms with van der Waals surface area (Å²) in [5.74, 6) is 0. The Bertz CT molecular complexity index is 3790. The van der Waals surface area contributed by atoms with Gasteiger partial charge in [0.05, 0.1) is 21.5 Å². The van der Waals surface area contributed by atoms with Crippen molar-refractivity contribution in [2.75, 3.05) is 9.80 Å². The molecular weight excluding hydrogens is 817 g/mol. The highest BCUT2D eigenvalue weighted by atomic mass is 32.1. The summed E-state index contributed by atoms with van der Waals surface area (Å²) in [7, 11) is 0. The molecule has 0 amide bonds. The van der Waals surface area contributed by atoms with Crippen LogP contribution < -0.4 is 9.80 Å². The maximum atomic E-state index is 2.56. The molecule has 0 atom stereocenters. The summed E-state index contributed by atoms with van der Waals surface area (Å²) in [6.07, 6.45) is 0. The monoisotopic (exact) mass is 856 g/mol. The Morgan fingerprint density at radius 2 is 0.833 bits per heavy atom. The minimum atomic E-state index is -0.575. The van der Waals surface area contributed by atoms with Crippen molar-refractivity contribution in [3.05, 3.63) is 265 Å². The fourth-order valence-electron chi connectivity index (χ4n) is 11.5. The van der Waals surface area contributed by atoms with Crippen LogP contribution in [0.25, 0.3) is 64.0 Å². The molecule has 0 fully saturated rings. The van der Waals surface area contributed by atoms with Crippen LogP contribution in [0.2, 0.25) is 0 Å². The molecule has 12 aromatic rings. The molecule has 11 aromatic carbocycles. The van der Waals surface area contributed by atoms with Gasteiger partial charge in [0.2, 0.25) is 0 Å². The van der Waals surface area contributed by atoms with Gasteiger partial charge in [-0.2, -0.15) is 0 Å². The van der Waals surface area contributed by atoms with E-state index in [-0.39, 0.29) is 0 Å². The maximum absolute atomic E-state index is 2.56. The molecule has 0 bridgehead atoms. The maximum Gasteiger partial charge on any atom is 0.0727 e. The van der Waals surface area contributed by atoms with Crippen molar-refractivity contribution in [1.29, 1.82) is 0 Å². The molecular formula is C63H40N2S. The van der Waals surface area contributed by atoms with Gasteiger partial charge in [-0.1, -0.05) is 182 Å². The zero-order valence-electron chi connectivity index (χ0n) is 35.9. The van der Waals surface area contributed by atoms with Crippen molar-refractivity contribution in [2.45, 2.75) is 5.41 Å². The fraction of sp³-hybridized carbons (Fsp3) is 0.0159. The average molecular weight is 857 g/mol. The van der Waals surface area contributed by atoms with Crippen LogP contribution in [0, 0.1) is 0 Å². The lowest BCUT2D eigenvalue weighted by molar-refractivity contribution is 0.793. The molecule has 0 N–H and O–H groups in total. The highest BCUT2D eigenvalue weighted by Crippen LogP contribution is 2.66. The molecule has 3 heteroatoms. The third-order valence-electron chi connectivity index (χ3n) is 14.2. The van der Waals surface area contributed by atoms with E-state index in [0.29, 0.717) is 0 Å². The number of hydrogen-bond acceptors (Lipinski definition) is 3. The van der Waals surface area contributed by atoms with E-state index in [1.807, 2.05) is 11.3 Å². The summed E-state index contributed by atoms with van der Waals surface area (Å²) < 4.78 is 2.55. The highest BCUT2D eigenvalue weighted by Gasteiger charge is 2.53. The molecule has 0 unspecified atom stereocenters. The Morgan fingerprint density at radius 3 is 1.50 bits per heavy atom. The standard InChI is InChI=1S/C63H40N2S/c1-2-21-45(22-3-1)65(58-31-16-27-52-51-25-11-15-32-60(51)66-62(52)58)59-40-48(64(46-35-33-41-17-4-6-19-43(41)37-46)47-36-34-42-18-5-7-20-44(42)38-47)39-57-61(59)53-26-10-14-30-56(53)63(57)54-28-12-8-23-49(54)50-24-9-13-29-55(50)63/h1-40H. The lowest BCUT2D eigenvalue weighted by Gasteiger charge is -2.35. The summed E-state index contributed by atoms with van der Waals surface area (Å²) in [5.41, 5.74) is 16.4. The van der Waals surface area contributed by atoms with Crippen LogP contribution in [-0.4, -0.2) is 0 Å². The molecule has 0 aliphatic heterocycles. The number of thiophene rings is 1. The van der Waals surface area contributed by atoms with Gasteiger partial charge >= 0.3 is 0 Å². The van der Waals surface area contributed by atoms with Crippen molar-refractivity contribution >= 4 is 87.2 Å². The van der Waals surface area contributed by atoms with Crippen LogP contribution in [0.15, 0.2) is 243 Å². The molecule has 66 heavy (non-hydrogen) atoms. The van der Waals surface area contributed by atoms with E-state index >= 15 is 0 Å².